The number of phenols is 1. The number of aromatic nitrogens is 1. The number of Topliss-reactive ketones (excluding diaryl/α,β-unsaturated/α-hetero) is 2. The first-order valence-corrected chi connectivity index (χ1v) is 15.6. The monoisotopic (exact) mass is 632 g/mol. The molecule has 0 saturated heterocycles. The summed E-state index contributed by atoms with van der Waals surface area (Å²) >= 11 is 1.34. The lowest BCUT2D eigenvalue weighted by Crippen LogP contribution is -2.66. The van der Waals surface area contributed by atoms with Crippen molar-refractivity contribution in [3.8, 4) is 22.8 Å². The average molecular weight is 633 g/mol. The van der Waals surface area contributed by atoms with Gasteiger partial charge < -0.3 is 36.0 Å². The molecule has 0 spiro atoms. The first-order chi connectivity index (χ1) is 21.4. The molecule has 0 aliphatic heterocycles. The van der Waals surface area contributed by atoms with Gasteiger partial charge in [0.2, 0.25) is 5.91 Å². The van der Waals surface area contributed by atoms with Gasteiger partial charge in [-0.3, -0.25) is 14.4 Å². The van der Waals surface area contributed by atoms with Crippen LogP contribution in [0.1, 0.15) is 30.9 Å². The van der Waals surface area contributed by atoms with Crippen molar-refractivity contribution in [1.82, 2.24) is 9.88 Å². The van der Waals surface area contributed by atoms with Crippen LogP contribution in [-0.4, -0.2) is 76.0 Å². The van der Waals surface area contributed by atoms with E-state index in [1.54, 1.807) is 32.2 Å². The van der Waals surface area contributed by atoms with E-state index in [2.05, 4.69) is 10.3 Å². The molecule has 236 valence electrons. The Kier molecular flexibility index (Phi) is 7.70. The largest absolute Gasteiger partial charge is 0.507 e. The molecule has 45 heavy (non-hydrogen) atoms. The summed E-state index contributed by atoms with van der Waals surface area (Å²) in [7, 11) is 5.06. The predicted octanol–water partition coefficient (Wildman–Crippen LogP) is 3.70. The van der Waals surface area contributed by atoms with Crippen LogP contribution in [0.3, 0.4) is 0 Å². The van der Waals surface area contributed by atoms with E-state index < -0.39 is 59.1 Å². The molecule has 0 radical (unpaired) electrons. The van der Waals surface area contributed by atoms with E-state index in [0.29, 0.717) is 10.7 Å². The average Bonchev–Trinajstić information content (AvgIpc) is 3.46. The molecule has 12 heteroatoms. The minimum Gasteiger partial charge on any atom is -0.507 e. The molecule has 1 amide bonds. The number of thiazole rings is 1. The van der Waals surface area contributed by atoms with Crippen LogP contribution in [0.25, 0.3) is 17.0 Å². The number of aliphatic hydroxyl groups is 2. The SMILES string of the molecule is COc1ccc(-c2csc(Nc3ccc4c(c3O)C(O)=C3C(=O)C5C(=O)C(C(N)=O)C(O)[C@@H](N(C)C)C5C(C)C3[C@H]4C)n2)cc1. The summed E-state index contributed by atoms with van der Waals surface area (Å²) in [6, 6.07) is 10.3. The Morgan fingerprint density at radius 3 is 2.40 bits per heavy atom. The van der Waals surface area contributed by atoms with E-state index in [9.17, 15) is 29.7 Å². The highest BCUT2D eigenvalue weighted by Crippen LogP contribution is 2.57. The molecule has 11 nitrogen and oxygen atoms in total. The number of allylic oxidation sites excluding steroid dienone is 1. The molecular formula is C33H36N4O7S. The molecule has 6 N–H and O–H groups in total. The van der Waals surface area contributed by atoms with E-state index in [1.165, 1.54) is 11.3 Å². The molecule has 3 aliphatic rings. The zero-order valence-corrected chi connectivity index (χ0v) is 26.3. The zero-order valence-electron chi connectivity index (χ0n) is 25.5. The van der Waals surface area contributed by atoms with E-state index in [0.717, 1.165) is 17.0 Å². The Labute approximate surface area is 264 Å². The van der Waals surface area contributed by atoms with Crippen molar-refractivity contribution in [3.05, 3.63) is 58.5 Å². The third kappa shape index (κ3) is 4.70. The third-order valence-electron chi connectivity index (χ3n) is 9.90. The summed E-state index contributed by atoms with van der Waals surface area (Å²) in [6.07, 6.45) is -1.37. The normalized spacial score (nSPS) is 29.2. The molecule has 8 atom stereocenters. The highest BCUT2D eigenvalue weighted by Gasteiger charge is 2.62. The number of hydrogen-bond acceptors (Lipinski definition) is 11. The highest BCUT2D eigenvalue weighted by molar-refractivity contribution is 7.14. The maximum atomic E-state index is 14.2. The quantitative estimate of drug-likeness (QED) is 0.199. The number of rotatable bonds is 6. The third-order valence-corrected chi connectivity index (χ3v) is 10.7. The maximum absolute atomic E-state index is 14.2. The number of nitrogens with two attached hydrogens (primary N) is 1. The summed E-state index contributed by atoms with van der Waals surface area (Å²) in [5, 5.41) is 39.8. The van der Waals surface area contributed by atoms with Gasteiger partial charge in [0.15, 0.2) is 16.7 Å². The minimum atomic E-state index is -1.55. The number of carbonyl (C=O) groups excluding carboxylic acids is 3. The Morgan fingerprint density at radius 1 is 1.09 bits per heavy atom. The first-order valence-electron chi connectivity index (χ1n) is 14.7. The number of primary amides is 1. The number of fused-ring (bicyclic) bond motifs is 3. The Bertz CT molecular complexity index is 1730. The van der Waals surface area contributed by atoms with Gasteiger partial charge in [0.25, 0.3) is 0 Å². The Hall–Kier alpha value is -4.26. The predicted molar refractivity (Wildman–Crippen MR) is 169 cm³/mol. The first kappa shape index (κ1) is 30.8. The number of benzene rings is 2. The number of hydrogen-bond donors (Lipinski definition) is 5. The number of nitrogens with one attached hydrogen (secondary N) is 1. The number of nitrogens with zero attached hydrogens (tertiary/aromatic N) is 2. The van der Waals surface area contributed by atoms with Gasteiger partial charge >= 0.3 is 0 Å². The van der Waals surface area contributed by atoms with Crippen molar-refractivity contribution in [2.45, 2.75) is 31.9 Å². The number of methoxy groups -OCH3 is 1. The standard InChI is InChI=1S/C33H36N4O7S/c1-13-17-10-11-18(35-33-36-19(12-45-33)15-6-8-16(44-5)9-7-15)27(38)22(17)28(39)23-20(13)14(2)21-24(29(23)40)30(41)25(32(34)43)31(42)26(21)37(3)4/h6-14,20-21,24-26,31,38-39,42H,1-5H3,(H2,34,43)(H,35,36)/t13-,14?,20?,21?,24?,25?,26-,31?/m0/s1. The molecule has 2 aromatic carbocycles. The van der Waals surface area contributed by atoms with Gasteiger partial charge in [0.1, 0.15) is 23.2 Å². The van der Waals surface area contributed by atoms with Crippen LogP contribution in [0, 0.1) is 29.6 Å². The van der Waals surface area contributed by atoms with Crippen molar-refractivity contribution in [3.63, 3.8) is 0 Å². The second-order valence-electron chi connectivity index (χ2n) is 12.4. The van der Waals surface area contributed by atoms with Crippen molar-refractivity contribution in [2.24, 2.45) is 35.3 Å². The van der Waals surface area contributed by atoms with Gasteiger partial charge in [-0.15, -0.1) is 11.3 Å². The summed E-state index contributed by atoms with van der Waals surface area (Å²) in [6.45, 7) is 3.83. The van der Waals surface area contributed by atoms with Crippen LogP contribution in [0.5, 0.6) is 11.5 Å². The van der Waals surface area contributed by atoms with Crippen LogP contribution in [-0.2, 0) is 14.4 Å². The molecule has 1 aromatic heterocycles. The maximum Gasteiger partial charge on any atom is 0.230 e. The number of aromatic hydroxyl groups is 1. The number of likely N-dealkylation sites (N-methyl/N-ethyl adjacent to an activating group) is 1. The van der Waals surface area contributed by atoms with E-state index in [4.69, 9.17) is 10.5 Å². The highest BCUT2D eigenvalue weighted by atomic mass is 32.1. The minimum absolute atomic E-state index is 0.0534. The van der Waals surface area contributed by atoms with E-state index in [-0.39, 0.29) is 34.4 Å². The van der Waals surface area contributed by atoms with Gasteiger partial charge in [-0.25, -0.2) is 4.98 Å². The second kappa shape index (κ2) is 11.3. The van der Waals surface area contributed by atoms with Crippen LogP contribution < -0.4 is 15.8 Å². The fourth-order valence-corrected chi connectivity index (χ4v) is 8.60. The van der Waals surface area contributed by atoms with Crippen LogP contribution in [0.15, 0.2) is 47.4 Å². The van der Waals surface area contributed by atoms with Gasteiger partial charge in [0, 0.05) is 28.5 Å². The molecular weight excluding hydrogens is 596 g/mol. The molecule has 2 fully saturated rings. The van der Waals surface area contributed by atoms with Crippen LogP contribution >= 0.6 is 11.3 Å². The zero-order chi connectivity index (χ0) is 32.5. The fraction of sp³-hybridized carbons (Fsp3) is 0.394. The number of amides is 1. The summed E-state index contributed by atoms with van der Waals surface area (Å²) in [5.41, 5.74) is 8.27. The molecule has 0 bridgehead atoms. The van der Waals surface area contributed by atoms with Gasteiger partial charge in [0.05, 0.1) is 36.1 Å². The van der Waals surface area contributed by atoms with Gasteiger partial charge in [-0.1, -0.05) is 19.9 Å². The molecule has 3 aliphatic carbocycles. The molecule has 6 unspecified atom stereocenters. The van der Waals surface area contributed by atoms with Crippen molar-refractivity contribution >= 4 is 45.4 Å². The van der Waals surface area contributed by atoms with Crippen molar-refractivity contribution < 1.29 is 34.4 Å². The molecule has 1 heterocycles. The number of phenolic OH excluding ortho intramolecular Hbond substituents is 1. The van der Waals surface area contributed by atoms with Gasteiger partial charge in [-0.05, 0) is 67.7 Å². The number of ketones is 2. The smallest absolute Gasteiger partial charge is 0.230 e. The lowest BCUT2D eigenvalue weighted by atomic mass is 9.51. The van der Waals surface area contributed by atoms with Crippen LogP contribution in [0.4, 0.5) is 10.8 Å². The summed E-state index contributed by atoms with van der Waals surface area (Å²) < 4.78 is 5.22. The summed E-state index contributed by atoms with van der Waals surface area (Å²) in [4.78, 5) is 46.5. The molecule has 3 aromatic rings. The van der Waals surface area contributed by atoms with Gasteiger partial charge in [-0.2, -0.15) is 0 Å². The molecule has 2 saturated carbocycles. The number of anilines is 2. The lowest BCUT2D eigenvalue weighted by Gasteiger charge is -2.54. The Morgan fingerprint density at radius 2 is 1.78 bits per heavy atom. The fourth-order valence-electron chi connectivity index (χ4n) is 7.87. The lowest BCUT2D eigenvalue weighted by molar-refractivity contribution is -0.160. The number of carbonyl (C=O) groups is 3. The van der Waals surface area contributed by atoms with Crippen LogP contribution in [0.2, 0.25) is 0 Å². The number of ether oxygens (including phenoxy) is 1. The van der Waals surface area contributed by atoms with Crippen molar-refractivity contribution in [2.75, 3.05) is 26.5 Å². The second-order valence-corrected chi connectivity index (χ2v) is 13.3. The molecule has 6 rings (SSSR count). The number of aliphatic hydroxyl groups excluding tert-OH is 2. The van der Waals surface area contributed by atoms with E-state index in [1.807, 2.05) is 49.6 Å². The topological polar surface area (TPSA) is 175 Å². The van der Waals surface area contributed by atoms with Crippen molar-refractivity contribution in [1.29, 1.82) is 0 Å². The summed E-state index contributed by atoms with van der Waals surface area (Å²) in [5.74, 6) is -6.84. The van der Waals surface area contributed by atoms with E-state index >= 15 is 0 Å². The Balaban J connectivity index is 1.39.